The van der Waals surface area contributed by atoms with Crippen LogP contribution in [0.1, 0.15) is 23.2 Å². The highest BCUT2D eigenvalue weighted by Crippen LogP contribution is 2.30. The van der Waals surface area contributed by atoms with Crippen molar-refractivity contribution in [1.29, 1.82) is 0 Å². The molecule has 0 aliphatic carbocycles. The number of rotatable bonds is 3. The fourth-order valence-corrected chi connectivity index (χ4v) is 4.06. The van der Waals surface area contributed by atoms with Gasteiger partial charge in [0, 0.05) is 31.4 Å². The maximum absolute atomic E-state index is 5.02. The second-order valence-electron chi connectivity index (χ2n) is 7.14. The molecule has 1 aliphatic rings. The molecule has 4 rings (SSSR count). The molecule has 1 fully saturated rings. The van der Waals surface area contributed by atoms with Gasteiger partial charge in [0.15, 0.2) is 5.65 Å². The minimum atomic E-state index is 0.918. The van der Waals surface area contributed by atoms with Gasteiger partial charge in [-0.05, 0) is 78.6 Å². The summed E-state index contributed by atoms with van der Waals surface area (Å²) in [6.45, 7) is 9.61. The van der Waals surface area contributed by atoms with Crippen molar-refractivity contribution < 1.29 is 0 Å². The summed E-state index contributed by atoms with van der Waals surface area (Å²) in [5, 5.41) is 3.49. The van der Waals surface area contributed by atoms with E-state index in [-0.39, 0.29) is 0 Å². The van der Waals surface area contributed by atoms with Crippen molar-refractivity contribution in [2.45, 2.75) is 26.8 Å². The van der Waals surface area contributed by atoms with Crippen LogP contribution in [0.15, 0.2) is 41.0 Å². The Labute approximate surface area is 163 Å². The van der Waals surface area contributed by atoms with E-state index in [0.717, 1.165) is 48.5 Å². The number of benzene rings is 1. The van der Waals surface area contributed by atoms with Crippen LogP contribution in [0.5, 0.6) is 0 Å². The van der Waals surface area contributed by atoms with Crippen LogP contribution in [0, 0.1) is 13.8 Å². The van der Waals surface area contributed by atoms with E-state index in [0.29, 0.717) is 0 Å². The molecule has 4 nitrogen and oxygen atoms in total. The Morgan fingerprint density at radius 3 is 2.85 bits per heavy atom. The van der Waals surface area contributed by atoms with Crippen LogP contribution in [0.4, 0.5) is 0 Å². The Morgan fingerprint density at radius 2 is 2.00 bits per heavy atom. The van der Waals surface area contributed by atoms with E-state index in [1.807, 2.05) is 0 Å². The molecule has 0 saturated carbocycles. The van der Waals surface area contributed by atoms with E-state index < -0.39 is 0 Å². The van der Waals surface area contributed by atoms with Crippen molar-refractivity contribution in [3.63, 3.8) is 0 Å². The summed E-state index contributed by atoms with van der Waals surface area (Å²) in [6.07, 6.45) is 3.32. The number of nitrogens with one attached hydrogen (secondary N) is 1. The fourth-order valence-electron chi connectivity index (χ4n) is 3.63. The number of fused-ring (bicyclic) bond motifs is 1. The maximum Gasteiger partial charge on any atom is 0.152 e. The van der Waals surface area contributed by atoms with Gasteiger partial charge in [0.05, 0.1) is 15.9 Å². The zero-order chi connectivity index (χ0) is 18.1. The highest BCUT2D eigenvalue weighted by molar-refractivity contribution is 9.10. The van der Waals surface area contributed by atoms with Gasteiger partial charge in [-0.2, -0.15) is 0 Å². The van der Waals surface area contributed by atoms with E-state index in [9.17, 15) is 0 Å². The molecule has 0 amide bonds. The molecule has 3 aromatic rings. The van der Waals surface area contributed by atoms with E-state index >= 15 is 0 Å². The Hall–Kier alpha value is -1.69. The molecular formula is C21H25BrN4. The summed E-state index contributed by atoms with van der Waals surface area (Å²) in [7, 11) is 0. The lowest BCUT2D eigenvalue weighted by Crippen LogP contribution is -2.28. The molecule has 136 valence electrons. The molecule has 1 aromatic carbocycles. The molecular weight excluding hydrogens is 388 g/mol. The molecule has 2 aromatic heterocycles. The van der Waals surface area contributed by atoms with Crippen molar-refractivity contribution in [2.75, 3.05) is 26.2 Å². The van der Waals surface area contributed by atoms with Gasteiger partial charge >= 0.3 is 0 Å². The van der Waals surface area contributed by atoms with Gasteiger partial charge in [0.2, 0.25) is 0 Å². The van der Waals surface area contributed by atoms with Crippen molar-refractivity contribution in [3.8, 4) is 11.3 Å². The normalized spacial score (nSPS) is 16.1. The second kappa shape index (κ2) is 7.51. The topological polar surface area (TPSA) is 32.6 Å². The molecule has 0 atom stereocenters. The lowest BCUT2D eigenvalue weighted by Gasteiger charge is -2.20. The number of nitrogens with zero attached hydrogens (tertiary/aromatic N) is 3. The Balaban J connectivity index is 1.82. The van der Waals surface area contributed by atoms with Crippen LogP contribution in [-0.4, -0.2) is 40.5 Å². The summed E-state index contributed by atoms with van der Waals surface area (Å²) in [5.41, 5.74) is 7.18. The van der Waals surface area contributed by atoms with Crippen LogP contribution in [-0.2, 0) is 6.54 Å². The minimum absolute atomic E-state index is 0.918. The molecule has 5 heteroatoms. The van der Waals surface area contributed by atoms with Gasteiger partial charge in [-0.25, -0.2) is 4.98 Å². The van der Waals surface area contributed by atoms with Crippen LogP contribution >= 0.6 is 15.9 Å². The molecule has 0 unspecified atom stereocenters. The highest BCUT2D eigenvalue weighted by atomic mass is 79.9. The number of hydrogen-bond donors (Lipinski definition) is 1. The zero-order valence-corrected chi connectivity index (χ0v) is 17.0. The standard InChI is InChI=1S/C21H25BrN4/c1-15-6-7-17(13-16(15)2)20-19(14-25-10-4-8-23-9-12-25)26-11-3-5-18(22)21(26)24-20/h3,5-7,11,13,23H,4,8-10,12,14H2,1-2H3. The molecule has 1 N–H and O–H groups in total. The highest BCUT2D eigenvalue weighted by Gasteiger charge is 2.19. The summed E-state index contributed by atoms with van der Waals surface area (Å²) in [5.74, 6) is 0. The first-order valence-electron chi connectivity index (χ1n) is 9.29. The van der Waals surface area contributed by atoms with Crippen molar-refractivity contribution in [1.82, 2.24) is 19.6 Å². The van der Waals surface area contributed by atoms with E-state index in [2.05, 4.69) is 80.9 Å². The van der Waals surface area contributed by atoms with Crippen LogP contribution < -0.4 is 5.32 Å². The quantitative estimate of drug-likeness (QED) is 0.700. The van der Waals surface area contributed by atoms with Crippen LogP contribution in [0.2, 0.25) is 0 Å². The molecule has 0 spiro atoms. The van der Waals surface area contributed by atoms with Crippen molar-refractivity contribution >= 4 is 21.6 Å². The lowest BCUT2D eigenvalue weighted by atomic mass is 10.0. The van der Waals surface area contributed by atoms with Gasteiger partial charge in [0.1, 0.15) is 0 Å². The molecule has 3 heterocycles. The average molecular weight is 413 g/mol. The Morgan fingerprint density at radius 1 is 1.12 bits per heavy atom. The third-order valence-corrected chi connectivity index (χ3v) is 5.91. The fraction of sp³-hybridized carbons (Fsp3) is 0.381. The monoisotopic (exact) mass is 412 g/mol. The van der Waals surface area contributed by atoms with Crippen LogP contribution in [0.3, 0.4) is 0 Å². The first-order valence-corrected chi connectivity index (χ1v) is 10.1. The second-order valence-corrected chi connectivity index (χ2v) is 7.99. The Bertz CT molecular complexity index is 923. The smallest absolute Gasteiger partial charge is 0.152 e. The predicted molar refractivity (Wildman–Crippen MR) is 111 cm³/mol. The van der Waals surface area contributed by atoms with E-state index in [4.69, 9.17) is 4.98 Å². The van der Waals surface area contributed by atoms with Gasteiger partial charge in [0.25, 0.3) is 0 Å². The van der Waals surface area contributed by atoms with E-state index in [1.165, 1.54) is 28.8 Å². The largest absolute Gasteiger partial charge is 0.315 e. The first kappa shape index (κ1) is 17.7. The third-order valence-electron chi connectivity index (χ3n) is 5.29. The van der Waals surface area contributed by atoms with Gasteiger partial charge in [-0.15, -0.1) is 0 Å². The van der Waals surface area contributed by atoms with Crippen LogP contribution in [0.25, 0.3) is 16.9 Å². The molecule has 0 bridgehead atoms. The number of hydrogen-bond acceptors (Lipinski definition) is 3. The van der Waals surface area contributed by atoms with Gasteiger partial charge < -0.3 is 9.72 Å². The minimum Gasteiger partial charge on any atom is -0.315 e. The van der Waals surface area contributed by atoms with Gasteiger partial charge in [-0.1, -0.05) is 12.1 Å². The predicted octanol–water partition coefficient (Wildman–Crippen LogP) is 4.18. The SMILES string of the molecule is Cc1ccc(-c2nc3c(Br)cccn3c2CN2CCCNCC2)cc1C. The Kier molecular flexibility index (Phi) is 5.11. The van der Waals surface area contributed by atoms with Crippen molar-refractivity contribution in [2.24, 2.45) is 0 Å². The zero-order valence-electron chi connectivity index (χ0n) is 15.4. The number of halogens is 1. The number of imidazole rings is 1. The molecule has 1 saturated heterocycles. The lowest BCUT2D eigenvalue weighted by molar-refractivity contribution is 0.281. The maximum atomic E-state index is 5.02. The first-order chi connectivity index (χ1) is 12.6. The number of pyridine rings is 1. The average Bonchev–Trinajstić information content (AvgIpc) is 2.81. The third kappa shape index (κ3) is 3.43. The number of aryl methyl sites for hydroxylation is 2. The summed E-state index contributed by atoms with van der Waals surface area (Å²) in [6, 6.07) is 10.8. The van der Waals surface area contributed by atoms with Gasteiger partial charge in [-0.3, -0.25) is 4.90 Å². The molecule has 0 radical (unpaired) electrons. The molecule has 26 heavy (non-hydrogen) atoms. The van der Waals surface area contributed by atoms with E-state index in [1.54, 1.807) is 0 Å². The number of aromatic nitrogens is 2. The summed E-state index contributed by atoms with van der Waals surface area (Å²) < 4.78 is 3.28. The summed E-state index contributed by atoms with van der Waals surface area (Å²) >= 11 is 3.67. The van der Waals surface area contributed by atoms with Crippen molar-refractivity contribution in [3.05, 3.63) is 57.8 Å². The molecule has 1 aliphatic heterocycles. The summed E-state index contributed by atoms with van der Waals surface area (Å²) in [4.78, 5) is 7.55.